The van der Waals surface area contributed by atoms with Crippen LogP contribution in [0.3, 0.4) is 0 Å². The van der Waals surface area contributed by atoms with Crippen LogP contribution in [-0.2, 0) is 0 Å². The van der Waals surface area contributed by atoms with Crippen molar-refractivity contribution in [2.24, 2.45) is 5.92 Å². The molecular weight excluding hydrogens is 214 g/mol. The SMILES string of the molecule is CCCN(CC(C)C)C(=O)c1cncc(N)c1. The summed E-state index contributed by atoms with van der Waals surface area (Å²) >= 11 is 0. The third kappa shape index (κ3) is 4.06. The van der Waals surface area contributed by atoms with Gasteiger partial charge in [0.25, 0.3) is 5.91 Å². The van der Waals surface area contributed by atoms with Crippen LogP contribution in [0.15, 0.2) is 18.5 Å². The van der Waals surface area contributed by atoms with E-state index in [1.807, 2.05) is 4.90 Å². The Balaban J connectivity index is 2.83. The maximum absolute atomic E-state index is 12.3. The van der Waals surface area contributed by atoms with E-state index in [0.29, 0.717) is 17.2 Å². The highest BCUT2D eigenvalue weighted by Gasteiger charge is 2.16. The summed E-state index contributed by atoms with van der Waals surface area (Å²) in [5, 5.41) is 0. The van der Waals surface area contributed by atoms with Gasteiger partial charge in [0.05, 0.1) is 11.3 Å². The van der Waals surface area contributed by atoms with E-state index in [0.717, 1.165) is 19.5 Å². The van der Waals surface area contributed by atoms with Crippen molar-refractivity contribution in [1.29, 1.82) is 0 Å². The molecule has 0 unspecified atom stereocenters. The Labute approximate surface area is 103 Å². The summed E-state index contributed by atoms with van der Waals surface area (Å²) in [4.78, 5) is 18.1. The molecule has 0 aliphatic carbocycles. The Morgan fingerprint density at radius 3 is 2.71 bits per heavy atom. The standard InChI is InChI=1S/C13H21N3O/c1-4-5-16(9-10(2)3)13(17)11-6-12(14)8-15-7-11/h6-8,10H,4-5,9,14H2,1-3H3. The molecule has 0 spiro atoms. The molecule has 1 amide bonds. The quantitative estimate of drug-likeness (QED) is 0.851. The van der Waals surface area contributed by atoms with E-state index >= 15 is 0 Å². The van der Waals surface area contributed by atoms with Crippen LogP contribution in [0, 0.1) is 5.92 Å². The number of carbonyl (C=O) groups excluding carboxylic acids is 1. The fourth-order valence-electron chi connectivity index (χ4n) is 1.74. The molecule has 1 aromatic rings. The van der Waals surface area contributed by atoms with Gasteiger partial charge in [-0.05, 0) is 18.4 Å². The molecule has 2 N–H and O–H groups in total. The summed E-state index contributed by atoms with van der Waals surface area (Å²) in [5.74, 6) is 0.472. The average molecular weight is 235 g/mol. The summed E-state index contributed by atoms with van der Waals surface area (Å²) in [5.41, 5.74) is 6.73. The number of nitrogens with zero attached hydrogens (tertiary/aromatic N) is 2. The first-order valence-electron chi connectivity index (χ1n) is 6.04. The van der Waals surface area contributed by atoms with Gasteiger partial charge in [0.15, 0.2) is 0 Å². The molecule has 1 heterocycles. The number of carbonyl (C=O) groups is 1. The predicted molar refractivity (Wildman–Crippen MR) is 69.7 cm³/mol. The fourth-order valence-corrected chi connectivity index (χ4v) is 1.74. The van der Waals surface area contributed by atoms with Gasteiger partial charge in [-0.25, -0.2) is 0 Å². The van der Waals surface area contributed by atoms with Gasteiger partial charge in [-0.1, -0.05) is 20.8 Å². The molecule has 0 aliphatic rings. The van der Waals surface area contributed by atoms with Crippen LogP contribution in [0.1, 0.15) is 37.6 Å². The Kier molecular flexibility index (Phi) is 4.94. The second-order valence-corrected chi connectivity index (χ2v) is 4.65. The second kappa shape index (κ2) is 6.23. The van der Waals surface area contributed by atoms with Gasteiger partial charge in [0, 0.05) is 25.5 Å². The van der Waals surface area contributed by atoms with Crippen molar-refractivity contribution in [3.8, 4) is 0 Å². The molecule has 0 aliphatic heterocycles. The highest BCUT2D eigenvalue weighted by Crippen LogP contribution is 2.10. The molecule has 0 radical (unpaired) electrons. The van der Waals surface area contributed by atoms with Crippen LogP contribution in [0.25, 0.3) is 0 Å². The van der Waals surface area contributed by atoms with Gasteiger partial charge in [-0.2, -0.15) is 0 Å². The zero-order chi connectivity index (χ0) is 12.8. The molecule has 1 aromatic heterocycles. The summed E-state index contributed by atoms with van der Waals surface area (Å²) in [6, 6.07) is 1.68. The maximum Gasteiger partial charge on any atom is 0.255 e. The maximum atomic E-state index is 12.3. The summed E-state index contributed by atoms with van der Waals surface area (Å²) in [6.07, 6.45) is 4.07. The zero-order valence-electron chi connectivity index (χ0n) is 10.8. The molecule has 1 rings (SSSR count). The van der Waals surface area contributed by atoms with Crippen LogP contribution < -0.4 is 5.73 Å². The topological polar surface area (TPSA) is 59.2 Å². The monoisotopic (exact) mass is 235 g/mol. The number of aromatic nitrogens is 1. The minimum atomic E-state index is 0.0142. The molecule has 0 atom stereocenters. The molecule has 0 saturated carbocycles. The lowest BCUT2D eigenvalue weighted by Crippen LogP contribution is -2.35. The number of nitrogen functional groups attached to an aromatic ring is 1. The highest BCUT2D eigenvalue weighted by molar-refractivity contribution is 5.94. The number of hydrogen-bond donors (Lipinski definition) is 1. The minimum absolute atomic E-state index is 0.0142. The normalized spacial score (nSPS) is 10.6. The number of pyridine rings is 1. The van der Waals surface area contributed by atoms with Gasteiger partial charge in [-0.3, -0.25) is 9.78 Å². The molecule has 0 aromatic carbocycles. The van der Waals surface area contributed by atoms with Crippen molar-refractivity contribution >= 4 is 11.6 Å². The first-order valence-corrected chi connectivity index (χ1v) is 6.04. The molecule has 0 bridgehead atoms. The van der Waals surface area contributed by atoms with Crippen LogP contribution in [0.2, 0.25) is 0 Å². The summed E-state index contributed by atoms with van der Waals surface area (Å²) < 4.78 is 0. The highest BCUT2D eigenvalue weighted by atomic mass is 16.2. The number of amides is 1. The molecule has 4 heteroatoms. The van der Waals surface area contributed by atoms with E-state index in [9.17, 15) is 4.79 Å². The first-order chi connectivity index (χ1) is 8.04. The number of anilines is 1. The second-order valence-electron chi connectivity index (χ2n) is 4.65. The Bertz CT molecular complexity index is 377. The van der Waals surface area contributed by atoms with Crippen molar-refractivity contribution in [2.45, 2.75) is 27.2 Å². The number of rotatable bonds is 5. The first kappa shape index (κ1) is 13.5. The third-order valence-corrected chi connectivity index (χ3v) is 2.37. The van der Waals surface area contributed by atoms with Gasteiger partial charge < -0.3 is 10.6 Å². The van der Waals surface area contributed by atoms with Gasteiger partial charge >= 0.3 is 0 Å². The number of nitrogens with two attached hydrogens (primary N) is 1. The van der Waals surface area contributed by atoms with Gasteiger partial charge in [0.1, 0.15) is 0 Å². The molecule has 4 nitrogen and oxygen atoms in total. The smallest absolute Gasteiger partial charge is 0.255 e. The van der Waals surface area contributed by atoms with Crippen molar-refractivity contribution in [3.63, 3.8) is 0 Å². The molecule has 0 saturated heterocycles. The third-order valence-electron chi connectivity index (χ3n) is 2.37. The van der Waals surface area contributed by atoms with E-state index in [-0.39, 0.29) is 5.91 Å². The van der Waals surface area contributed by atoms with Gasteiger partial charge in [0.2, 0.25) is 0 Å². The Morgan fingerprint density at radius 1 is 1.47 bits per heavy atom. The lowest BCUT2D eigenvalue weighted by molar-refractivity contribution is 0.0736. The van der Waals surface area contributed by atoms with E-state index < -0.39 is 0 Å². The van der Waals surface area contributed by atoms with E-state index in [1.165, 1.54) is 0 Å². The van der Waals surface area contributed by atoms with Crippen molar-refractivity contribution in [3.05, 3.63) is 24.0 Å². The Morgan fingerprint density at radius 2 is 2.18 bits per heavy atom. The van der Waals surface area contributed by atoms with E-state index in [2.05, 4.69) is 25.8 Å². The summed E-state index contributed by atoms with van der Waals surface area (Å²) in [7, 11) is 0. The molecule has 94 valence electrons. The van der Waals surface area contributed by atoms with Crippen molar-refractivity contribution in [2.75, 3.05) is 18.8 Å². The zero-order valence-corrected chi connectivity index (χ0v) is 10.8. The lowest BCUT2D eigenvalue weighted by atomic mass is 10.1. The minimum Gasteiger partial charge on any atom is -0.397 e. The molecule has 17 heavy (non-hydrogen) atoms. The van der Waals surface area contributed by atoms with Crippen molar-refractivity contribution < 1.29 is 4.79 Å². The average Bonchev–Trinajstić information content (AvgIpc) is 2.27. The van der Waals surface area contributed by atoms with E-state index in [1.54, 1.807) is 18.5 Å². The van der Waals surface area contributed by atoms with Gasteiger partial charge in [-0.15, -0.1) is 0 Å². The number of hydrogen-bond acceptors (Lipinski definition) is 3. The van der Waals surface area contributed by atoms with Crippen LogP contribution in [0.5, 0.6) is 0 Å². The molecule has 0 fully saturated rings. The van der Waals surface area contributed by atoms with Crippen molar-refractivity contribution in [1.82, 2.24) is 9.88 Å². The summed E-state index contributed by atoms with van der Waals surface area (Å²) in [6.45, 7) is 7.81. The van der Waals surface area contributed by atoms with Crippen LogP contribution in [-0.4, -0.2) is 28.9 Å². The molecular formula is C13H21N3O. The predicted octanol–water partition coefficient (Wildman–Crippen LogP) is 2.17. The lowest BCUT2D eigenvalue weighted by Gasteiger charge is -2.24. The van der Waals surface area contributed by atoms with Crippen LogP contribution in [0.4, 0.5) is 5.69 Å². The largest absolute Gasteiger partial charge is 0.397 e. The van der Waals surface area contributed by atoms with E-state index in [4.69, 9.17) is 5.73 Å². The fraction of sp³-hybridized carbons (Fsp3) is 0.538. The Hall–Kier alpha value is -1.58. The van der Waals surface area contributed by atoms with Crippen LogP contribution >= 0.6 is 0 Å².